The lowest BCUT2D eigenvalue weighted by atomic mass is 10.1. The Hall–Kier alpha value is -0.580. The fourth-order valence-electron chi connectivity index (χ4n) is 1.64. The fraction of sp³-hybridized carbons (Fsp3) is 0.143. The monoisotopic (exact) mass is 497 g/mol. The highest BCUT2D eigenvalue weighted by Crippen LogP contribution is 2.34. The van der Waals surface area contributed by atoms with Gasteiger partial charge in [-0.05, 0) is 87.1 Å². The van der Waals surface area contributed by atoms with Gasteiger partial charge in [-0.15, -0.1) is 0 Å². The topological polar surface area (TPSA) is 75.7 Å². The van der Waals surface area contributed by atoms with E-state index in [1.54, 1.807) is 24.3 Å². The Kier molecular flexibility index (Phi) is 5.47. The zero-order valence-corrected chi connectivity index (χ0v) is 14.7. The zero-order chi connectivity index (χ0) is 14.7. The maximum Gasteiger partial charge on any atom is 0.154 e. The van der Waals surface area contributed by atoms with Gasteiger partial charge < -0.3 is 20.7 Å². The number of rotatable bonds is 4. The summed E-state index contributed by atoms with van der Waals surface area (Å²) in [5, 5.41) is 19.0. The summed E-state index contributed by atoms with van der Waals surface area (Å²) in [6, 6.07) is 10.3. The molecule has 4 nitrogen and oxygen atoms in total. The first-order chi connectivity index (χ1) is 9.51. The van der Waals surface area contributed by atoms with Crippen molar-refractivity contribution in [1.82, 2.24) is 0 Å². The molecule has 0 saturated heterocycles. The minimum atomic E-state index is -0.667. The van der Waals surface area contributed by atoms with Gasteiger partial charge in [-0.1, -0.05) is 0 Å². The van der Waals surface area contributed by atoms with E-state index >= 15 is 0 Å². The number of phenols is 1. The number of hydrogen-bond donors (Lipinski definition) is 3. The van der Waals surface area contributed by atoms with E-state index in [9.17, 15) is 10.2 Å². The summed E-state index contributed by atoms with van der Waals surface area (Å²) in [7, 11) is 0. The molecule has 0 fully saturated rings. The van der Waals surface area contributed by atoms with Crippen molar-refractivity contribution >= 4 is 45.2 Å². The molecule has 0 aromatic heterocycles. The van der Waals surface area contributed by atoms with Gasteiger partial charge in [0.15, 0.2) is 5.75 Å². The van der Waals surface area contributed by atoms with Crippen LogP contribution in [0.25, 0.3) is 0 Å². The fourth-order valence-corrected chi connectivity index (χ4v) is 3.67. The maximum absolute atomic E-state index is 9.79. The first-order valence-electron chi connectivity index (χ1n) is 5.85. The number of ether oxygens (including phenoxy) is 1. The van der Waals surface area contributed by atoms with Gasteiger partial charge in [0.2, 0.25) is 0 Å². The quantitative estimate of drug-likeness (QED) is 0.567. The molecular formula is C14H13I2NO3. The zero-order valence-electron chi connectivity index (χ0n) is 10.4. The van der Waals surface area contributed by atoms with Crippen molar-refractivity contribution in [2.45, 2.75) is 6.10 Å². The molecule has 0 amide bonds. The molecule has 6 heteroatoms. The smallest absolute Gasteiger partial charge is 0.154 e. The minimum absolute atomic E-state index is 0.185. The molecule has 2 rings (SSSR count). The lowest BCUT2D eigenvalue weighted by Gasteiger charge is -2.14. The molecule has 20 heavy (non-hydrogen) atoms. The Morgan fingerprint density at radius 2 is 1.65 bits per heavy atom. The minimum Gasteiger partial charge on any atom is -0.508 e. The number of aliphatic hydroxyl groups excluding tert-OH is 1. The van der Waals surface area contributed by atoms with Crippen molar-refractivity contribution in [1.29, 1.82) is 0 Å². The van der Waals surface area contributed by atoms with E-state index < -0.39 is 6.10 Å². The first-order valence-corrected chi connectivity index (χ1v) is 8.01. The third kappa shape index (κ3) is 3.74. The van der Waals surface area contributed by atoms with Crippen molar-refractivity contribution in [3.8, 4) is 17.2 Å². The van der Waals surface area contributed by atoms with Crippen LogP contribution in [0.1, 0.15) is 11.7 Å². The molecule has 2 aromatic rings. The molecule has 0 aliphatic carbocycles. The van der Waals surface area contributed by atoms with Crippen molar-refractivity contribution < 1.29 is 14.9 Å². The lowest BCUT2D eigenvalue weighted by Crippen LogP contribution is -2.12. The molecule has 1 atom stereocenters. The van der Waals surface area contributed by atoms with Gasteiger partial charge in [0.25, 0.3) is 0 Å². The van der Waals surface area contributed by atoms with Gasteiger partial charge in [0, 0.05) is 6.54 Å². The van der Waals surface area contributed by atoms with Crippen LogP contribution in [0.15, 0.2) is 36.4 Å². The second-order valence-electron chi connectivity index (χ2n) is 4.16. The second-order valence-corrected chi connectivity index (χ2v) is 6.49. The third-order valence-corrected chi connectivity index (χ3v) is 4.29. The number of halogens is 2. The van der Waals surface area contributed by atoms with Gasteiger partial charge in [-0.2, -0.15) is 0 Å². The summed E-state index contributed by atoms with van der Waals surface area (Å²) in [4.78, 5) is 0. The Bertz CT molecular complexity index is 579. The average molecular weight is 497 g/mol. The normalized spacial score (nSPS) is 12.2. The first kappa shape index (κ1) is 15.8. The van der Waals surface area contributed by atoms with Gasteiger partial charge in [-0.3, -0.25) is 0 Å². The van der Waals surface area contributed by atoms with Crippen LogP contribution in [0.2, 0.25) is 0 Å². The van der Waals surface area contributed by atoms with E-state index in [-0.39, 0.29) is 12.3 Å². The Morgan fingerprint density at radius 1 is 1.10 bits per heavy atom. The van der Waals surface area contributed by atoms with Crippen LogP contribution in [0, 0.1) is 7.14 Å². The van der Waals surface area contributed by atoms with E-state index in [1.807, 2.05) is 12.1 Å². The molecule has 0 saturated carbocycles. The third-order valence-electron chi connectivity index (χ3n) is 2.69. The standard InChI is InChI=1S/C14H13I2NO3/c15-11-5-8(13(19)7-17)6-12(16)14(11)20-10-3-1-9(18)2-4-10/h1-6,13,18-19H,7,17H2. The van der Waals surface area contributed by atoms with E-state index in [4.69, 9.17) is 10.5 Å². The summed E-state index contributed by atoms with van der Waals surface area (Å²) >= 11 is 4.33. The molecule has 0 aliphatic heterocycles. The molecule has 2 aromatic carbocycles. The molecule has 0 aliphatic rings. The number of aromatic hydroxyl groups is 1. The summed E-state index contributed by atoms with van der Waals surface area (Å²) < 4.78 is 7.61. The molecule has 106 valence electrons. The molecule has 1 unspecified atom stereocenters. The molecule has 4 N–H and O–H groups in total. The van der Waals surface area contributed by atoms with Crippen LogP contribution < -0.4 is 10.5 Å². The molecule has 0 bridgehead atoms. The van der Waals surface area contributed by atoms with Crippen molar-refractivity contribution in [2.75, 3.05) is 6.54 Å². The summed E-state index contributed by atoms with van der Waals surface area (Å²) in [5.74, 6) is 1.57. The van der Waals surface area contributed by atoms with Gasteiger partial charge in [0.1, 0.15) is 11.5 Å². The summed E-state index contributed by atoms with van der Waals surface area (Å²) in [6.07, 6.45) is -0.667. The number of aliphatic hydroxyl groups is 1. The number of phenolic OH excluding ortho intramolecular Hbond substituents is 1. The molecule has 0 radical (unpaired) electrons. The van der Waals surface area contributed by atoms with E-state index in [2.05, 4.69) is 45.2 Å². The number of hydrogen-bond acceptors (Lipinski definition) is 4. The Morgan fingerprint density at radius 3 is 2.15 bits per heavy atom. The lowest BCUT2D eigenvalue weighted by molar-refractivity contribution is 0.186. The van der Waals surface area contributed by atoms with Gasteiger partial charge in [0.05, 0.1) is 13.2 Å². The van der Waals surface area contributed by atoms with E-state index in [1.165, 1.54) is 0 Å². The molecule has 0 spiro atoms. The van der Waals surface area contributed by atoms with Crippen LogP contribution in [-0.2, 0) is 0 Å². The Labute approximate surface area is 144 Å². The predicted molar refractivity (Wildman–Crippen MR) is 94.1 cm³/mol. The summed E-state index contributed by atoms with van der Waals surface area (Å²) in [6.45, 7) is 0.185. The van der Waals surface area contributed by atoms with Crippen LogP contribution in [0.4, 0.5) is 0 Å². The van der Waals surface area contributed by atoms with Crippen molar-refractivity contribution in [2.24, 2.45) is 5.73 Å². The van der Waals surface area contributed by atoms with Crippen LogP contribution in [-0.4, -0.2) is 16.8 Å². The van der Waals surface area contributed by atoms with Crippen LogP contribution >= 0.6 is 45.2 Å². The maximum atomic E-state index is 9.79. The van der Waals surface area contributed by atoms with Crippen molar-refractivity contribution in [3.05, 3.63) is 49.1 Å². The van der Waals surface area contributed by atoms with Crippen LogP contribution in [0.5, 0.6) is 17.2 Å². The largest absolute Gasteiger partial charge is 0.508 e. The number of nitrogens with two attached hydrogens (primary N) is 1. The predicted octanol–water partition coefficient (Wildman–Crippen LogP) is 3.39. The average Bonchev–Trinajstić information content (AvgIpc) is 2.43. The highest BCUT2D eigenvalue weighted by molar-refractivity contribution is 14.1. The SMILES string of the molecule is NCC(O)c1cc(I)c(Oc2ccc(O)cc2)c(I)c1. The summed E-state index contributed by atoms with van der Waals surface area (Å²) in [5.41, 5.74) is 6.25. The highest BCUT2D eigenvalue weighted by Gasteiger charge is 2.13. The van der Waals surface area contributed by atoms with Crippen LogP contribution in [0.3, 0.4) is 0 Å². The van der Waals surface area contributed by atoms with Gasteiger partial charge >= 0.3 is 0 Å². The van der Waals surface area contributed by atoms with Gasteiger partial charge in [-0.25, -0.2) is 0 Å². The van der Waals surface area contributed by atoms with E-state index in [0.717, 1.165) is 18.5 Å². The second kappa shape index (κ2) is 6.92. The molecule has 0 heterocycles. The molecular weight excluding hydrogens is 484 g/mol. The highest BCUT2D eigenvalue weighted by atomic mass is 127. The van der Waals surface area contributed by atoms with Crippen molar-refractivity contribution in [3.63, 3.8) is 0 Å². The Balaban J connectivity index is 2.30. The van der Waals surface area contributed by atoms with E-state index in [0.29, 0.717) is 5.75 Å². The number of benzene rings is 2.